The van der Waals surface area contributed by atoms with Gasteiger partial charge in [0.05, 0.1) is 22.5 Å². The summed E-state index contributed by atoms with van der Waals surface area (Å²) in [7, 11) is -3.83. The Kier molecular flexibility index (Phi) is 4.64. The molecule has 7 nitrogen and oxygen atoms in total. The molecule has 138 valence electrons. The first-order valence-electron chi connectivity index (χ1n) is 8.18. The van der Waals surface area contributed by atoms with Crippen molar-refractivity contribution in [3.63, 3.8) is 0 Å². The lowest BCUT2D eigenvalue weighted by molar-refractivity contribution is 0.600. The second-order valence-corrected chi connectivity index (χ2v) is 7.94. The Morgan fingerprint density at radius 3 is 2.37 bits per heavy atom. The number of nitriles is 1. The molecule has 0 aliphatic rings. The van der Waals surface area contributed by atoms with E-state index < -0.39 is 10.0 Å². The molecule has 0 unspecified atom stereocenters. The number of nitrogens with one attached hydrogen (secondary N) is 1. The van der Waals surface area contributed by atoms with E-state index in [0.717, 1.165) is 5.56 Å². The molecule has 3 rings (SSSR count). The average Bonchev–Trinajstić information content (AvgIpc) is 2.94. The van der Waals surface area contributed by atoms with Crippen LogP contribution in [0.4, 0.5) is 11.5 Å². The molecule has 0 aliphatic carbocycles. The molecule has 1 heterocycles. The summed E-state index contributed by atoms with van der Waals surface area (Å²) in [6.45, 7) is 5.46. The Bertz CT molecular complexity index is 1150. The number of nitrogens with zero attached hydrogens (tertiary/aromatic N) is 3. The van der Waals surface area contributed by atoms with Gasteiger partial charge in [-0.2, -0.15) is 10.4 Å². The predicted octanol–water partition coefficient (Wildman–Crippen LogP) is 3.05. The van der Waals surface area contributed by atoms with Crippen molar-refractivity contribution in [1.29, 1.82) is 5.26 Å². The van der Waals surface area contributed by atoms with Crippen molar-refractivity contribution in [3.05, 3.63) is 64.8 Å². The monoisotopic (exact) mass is 381 g/mol. The molecular weight excluding hydrogens is 362 g/mol. The molecule has 1 aromatic heterocycles. The van der Waals surface area contributed by atoms with E-state index in [1.165, 1.54) is 10.9 Å². The Labute approximate surface area is 158 Å². The number of sulfonamides is 1. The third-order valence-electron chi connectivity index (χ3n) is 4.18. The van der Waals surface area contributed by atoms with Gasteiger partial charge < -0.3 is 5.73 Å². The Hall–Kier alpha value is -3.31. The minimum absolute atomic E-state index is 0.145. The summed E-state index contributed by atoms with van der Waals surface area (Å²) in [5.41, 5.74) is 9.26. The Balaban J connectivity index is 2.10. The SMILES string of the molecule is Cc1cc(C)c(S(=O)(=O)Nc2ccccc2-n2ncc(C#N)c2N)c(C)c1. The smallest absolute Gasteiger partial charge is 0.262 e. The highest BCUT2D eigenvalue weighted by molar-refractivity contribution is 7.92. The van der Waals surface area contributed by atoms with Crippen LogP contribution in [0.2, 0.25) is 0 Å². The van der Waals surface area contributed by atoms with Crippen LogP contribution in [-0.4, -0.2) is 18.2 Å². The van der Waals surface area contributed by atoms with E-state index in [1.54, 1.807) is 38.1 Å². The fourth-order valence-electron chi connectivity index (χ4n) is 3.17. The quantitative estimate of drug-likeness (QED) is 0.721. The van der Waals surface area contributed by atoms with Crippen molar-refractivity contribution >= 4 is 21.5 Å². The van der Waals surface area contributed by atoms with Crippen LogP contribution in [0.25, 0.3) is 5.69 Å². The summed E-state index contributed by atoms with van der Waals surface area (Å²) in [6.07, 6.45) is 1.34. The maximum atomic E-state index is 13.1. The zero-order chi connectivity index (χ0) is 19.8. The normalized spacial score (nSPS) is 11.2. The lowest BCUT2D eigenvalue weighted by Gasteiger charge is -2.16. The highest BCUT2D eigenvalue weighted by Gasteiger charge is 2.22. The maximum absolute atomic E-state index is 13.1. The first kappa shape index (κ1) is 18.5. The number of nitrogen functional groups attached to an aromatic ring is 1. The van der Waals surface area contributed by atoms with E-state index >= 15 is 0 Å². The van der Waals surface area contributed by atoms with Crippen LogP contribution in [0.5, 0.6) is 0 Å². The van der Waals surface area contributed by atoms with Gasteiger partial charge in [0.25, 0.3) is 10.0 Å². The number of aromatic nitrogens is 2. The molecule has 3 N–H and O–H groups in total. The van der Waals surface area contributed by atoms with Gasteiger partial charge in [0.2, 0.25) is 0 Å². The third kappa shape index (κ3) is 3.37. The minimum atomic E-state index is -3.83. The summed E-state index contributed by atoms with van der Waals surface area (Å²) in [5, 5.41) is 13.2. The lowest BCUT2D eigenvalue weighted by atomic mass is 10.1. The zero-order valence-corrected chi connectivity index (χ0v) is 16.0. The predicted molar refractivity (Wildman–Crippen MR) is 104 cm³/mol. The number of aryl methyl sites for hydroxylation is 3. The van der Waals surface area contributed by atoms with Crippen LogP contribution in [0.15, 0.2) is 47.5 Å². The second kappa shape index (κ2) is 6.78. The van der Waals surface area contributed by atoms with Gasteiger partial charge in [-0.05, 0) is 44.0 Å². The van der Waals surface area contributed by atoms with Crippen LogP contribution in [0, 0.1) is 32.1 Å². The molecule has 0 bridgehead atoms. The molecule has 8 heteroatoms. The minimum Gasteiger partial charge on any atom is -0.382 e. The lowest BCUT2D eigenvalue weighted by Crippen LogP contribution is -2.17. The fourth-order valence-corrected chi connectivity index (χ4v) is 4.70. The van der Waals surface area contributed by atoms with Crippen LogP contribution in [0.3, 0.4) is 0 Å². The maximum Gasteiger partial charge on any atom is 0.262 e. The summed E-state index contributed by atoms with van der Waals surface area (Å²) >= 11 is 0. The van der Waals surface area contributed by atoms with Crippen LogP contribution in [-0.2, 0) is 10.0 Å². The zero-order valence-electron chi connectivity index (χ0n) is 15.2. The first-order chi connectivity index (χ1) is 12.7. The van der Waals surface area contributed by atoms with E-state index in [-0.39, 0.29) is 16.3 Å². The highest BCUT2D eigenvalue weighted by atomic mass is 32.2. The van der Waals surface area contributed by atoms with Crippen molar-refractivity contribution in [2.45, 2.75) is 25.7 Å². The molecule has 0 saturated heterocycles. The summed E-state index contributed by atoms with van der Waals surface area (Å²) in [6, 6.07) is 12.4. The third-order valence-corrected chi connectivity index (χ3v) is 5.85. The molecule has 0 atom stereocenters. The standard InChI is InChI=1S/C19H19N5O2S/c1-12-8-13(2)18(14(3)9-12)27(25,26)23-16-6-4-5-7-17(16)24-19(21)15(10-20)11-22-24/h4-9,11,23H,21H2,1-3H3. The van der Waals surface area contributed by atoms with E-state index in [2.05, 4.69) is 9.82 Å². The van der Waals surface area contributed by atoms with Crippen molar-refractivity contribution in [2.75, 3.05) is 10.5 Å². The number of anilines is 2. The van der Waals surface area contributed by atoms with E-state index in [0.29, 0.717) is 22.5 Å². The number of hydrogen-bond acceptors (Lipinski definition) is 5. The van der Waals surface area contributed by atoms with E-state index in [9.17, 15) is 8.42 Å². The topological polar surface area (TPSA) is 114 Å². The molecule has 0 spiro atoms. The van der Waals surface area contributed by atoms with Crippen LogP contribution < -0.4 is 10.5 Å². The number of nitrogens with two attached hydrogens (primary N) is 1. The molecule has 0 saturated carbocycles. The van der Waals surface area contributed by atoms with Crippen molar-refractivity contribution < 1.29 is 8.42 Å². The van der Waals surface area contributed by atoms with Crippen LogP contribution in [0.1, 0.15) is 22.3 Å². The summed E-state index contributed by atoms with van der Waals surface area (Å²) in [4.78, 5) is 0.244. The van der Waals surface area contributed by atoms with Gasteiger partial charge in [-0.25, -0.2) is 13.1 Å². The van der Waals surface area contributed by atoms with Gasteiger partial charge in [-0.3, -0.25) is 4.72 Å². The summed E-state index contributed by atoms with van der Waals surface area (Å²) < 4.78 is 30.1. The van der Waals surface area contributed by atoms with Gasteiger partial charge >= 0.3 is 0 Å². The number of para-hydroxylation sites is 2. The van der Waals surface area contributed by atoms with Gasteiger partial charge in [0.15, 0.2) is 0 Å². The highest BCUT2D eigenvalue weighted by Crippen LogP contribution is 2.28. The van der Waals surface area contributed by atoms with Crippen LogP contribution >= 0.6 is 0 Å². The van der Waals surface area contributed by atoms with Gasteiger partial charge in [-0.1, -0.05) is 29.8 Å². The Morgan fingerprint density at radius 2 is 1.78 bits per heavy atom. The fraction of sp³-hybridized carbons (Fsp3) is 0.158. The van der Waals surface area contributed by atoms with E-state index in [1.807, 2.05) is 25.1 Å². The average molecular weight is 381 g/mol. The number of hydrogen-bond donors (Lipinski definition) is 2. The Morgan fingerprint density at radius 1 is 1.15 bits per heavy atom. The molecule has 0 fully saturated rings. The molecule has 2 aromatic carbocycles. The van der Waals surface area contributed by atoms with Crippen molar-refractivity contribution in [3.8, 4) is 11.8 Å². The first-order valence-corrected chi connectivity index (χ1v) is 9.66. The molecule has 0 radical (unpaired) electrons. The molecule has 27 heavy (non-hydrogen) atoms. The van der Waals surface area contributed by atoms with Gasteiger partial charge in [0.1, 0.15) is 17.5 Å². The molecular formula is C19H19N5O2S. The number of rotatable bonds is 4. The largest absolute Gasteiger partial charge is 0.382 e. The molecule has 0 aliphatic heterocycles. The molecule has 3 aromatic rings. The number of benzene rings is 2. The van der Waals surface area contributed by atoms with E-state index in [4.69, 9.17) is 11.0 Å². The molecule has 0 amide bonds. The van der Waals surface area contributed by atoms with Crippen molar-refractivity contribution in [1.82, 2.24) is 9.78 Å². The van der Waals surface area contributed by atoms with Crippen molar-refractivity contribution in [2.24, 2.45) is 0 Å². The summed E-state index contributed by atoms with van der Waals surface area (Å²) in [5.74, 6) is 0.145. The second-order valence-electron chi connectivity index (χ2n) is 6.32. The van der Waals surface area contributed by atoms with Gasteiger partial charge in [-0.15, -0.1) is 0 Å². The van der Waals surface area contributed by atoms with Gasteiger partial charge in [0, 0.05) is 0 Å².